The Labute approximate surface area is 66.4 Å². The summed E-state index contributed by atoms with van der Waals surface area (Å²) in [6, 6.07) is 0. The fraction of sp³-hybridized carbons (Fsp3) is 0.333. The van der Waals surface area contributed by atoms with Gasteiger partial charge in [-0.05, 0) is 0 Å². The Balaban J connectivity index is 0. The maximum Gasteiger partial charge on any atom is -0.147 e. The monoisotopic (exact) mass is 166 g/mol. The topological polar surface area (TPSA) is 0 Å². The first kappa shape index (κ1) is 11.3. The SMILES string of the molecule is C=C[CH2][Ti][CH2]C=C.Cl. The van der Waals surface area contributed by atoms with Gasteiger partial charge < -0.3 is 0 Å². The van der Waals surface area contributed by atoms with Crippen molar-refractivity contribution in [3.63, 3.8) is 0 Å². The minimum atomic E-state index is 0. The Morgan fingerprint density at radius 3 is 1.75 bits per heavy atom. The number of hydrogen-bond acceptors (Lipinski definition) is 0. The third-order valence-electron chi connectivity index (χ3n) is 0.577. The molecule has 2 heteroatoms. The van der Waals surface area contributed by atoms with Gasteiger partial charge in [-0.1, -0.05) is 0 Å². The van der Waals surface area contributed by atoms with Gasteiger partial charge in [-0.15, -0.1) is 12.4 Å². The Kier molecular flexibility index (Phi) is 14.8. The van der Waals surface area contributed by atoms with Crippen LogP contribution in [0.5, 0.6) is 0 Å². The fourth-order valence-corrected chi connectivity index (χ4v) is 1.19. The van der Waals surface area contributed by atoms with Crippen molar-refractivity contribution >= 4 is 12.4 Å². The molecule has 0 aromatic rings. The van der Waals surface area contributed by atoms with E-state index in [1.807, 2.05) is 12.2 Å². The molecule has 0 saturated carbocycles. The van der Waals surface area contributed by atoms with Crippen molar-refractivity contribution < 1.29 is 19.2 Å². The summed E-state index contributed by atoms with van der Waals surface area (Å²) in [5, 5.41) is 0. The van der Waals surface area contributed by atoms with Gasteiger partial charge in [0.1, 0.15) is 0 Å². The van der Waals surface area contributed by atoms with E-state index in [4.69, 9.17) is 0 Å². The van der Waals surface area contributed by atoms with Gasteiger partial charge in [0, 0.05) is 0 Å². The molecule has 0 aromatic carbocycles. The summed E-state index contributed by atoms with van der Waals surface area (Å²) < 4.78 is 2.48. The molecule has 0 N–H and O–H groups in total. The van der Waals surface area contributed by atoms with E-state index in [1.54, 1.807) is 0 Å². The van der Waals surface area contributed by atoms with Crippen molar-refractivity contribution in [3.05, 3.63) is 25.3 Å². The number of rotatable bonds is 4. The molecule has 0 atom stereocenters. The zero-order valence-corrected chi connectivity index (χ0v) is 7.27. The van der Waals surface area contributed by atoms with E-state index in [-0.39, 0.29) is 31.6 Å². The molecule has 0 aliphatic carbocycles. The van der Waals surface area contributed by atoms with Crippen LogP contribution in [-0.4, -0.2) is 0 Å². The molecule has 0 unspecified atom stereocenters. The second-order valence-electron chi connectivity index (χ2n) is 1.24. The van der Waals surface area contributed by atoms with E-state index >= 15 is 0 Å². The quantitative estimate of drug-likeness (QED) is 0.342. The second kappa shape index (κ2) is 10.5. The molecule has 0 spiro atoms. The predicted molar refractivity (Wildman–Crippen MR) is 37.3 cm³/mol. The smallest absolute Gasteiger partial charge is 0.147 e. The van der Waals surface area contributed by atoms with Gasteiger partial charge in [0.15, 0.2) is 0 Å². The molecule has 0 saturated heterocycles. The van der Waals surface area contributed by atoms with Crippen LogP contribution in [0.25, 0.3) is 0 Å². The van der Waals surface area contributed by atoms with Crippen LogP contribution in [0.15, 0.2) is 25.3 Å². The predicted octanol–water partition coefficient (Wildman–Crippen LogP) is 2.70. The third kappa shape index (κ3) is 9.70. The van der Waals surface area contributed by atoms with E-state index < -0.39 is 0 Å². The summed E-state index contributed by atoms with van der Waals surface area (Å²) in [7, 11) is 0. The van der Waals surface area contributed by atoms with Crippen molar-refractivity contribution in [1.29, 1.82) is 0 Å². The van der Waals surface area contributed by atoms with E-state index in [0.717, 1.165) is 0 Å². The van der Waals surface area contributed by atoms with Crippen LogP contribution in [0.3, 0.4) is 0 Å². The molecule has 0 bridgehead atoms. The molecule has 0 amide bonds. The average Bonchev–Trinajstić information content (AvgIpc) is 1.69. The summed E-state index contributed by atoms with van der Waals surface area (Å²) in [6.07, 6.45) is 3.98. The van der Waals surface area contributed by atoms with E-state index in [2.05, 4.69) is 13.2 Å². The molecule has 0 aromatic heterocycles. The van der Waals surface area contributed by atoms with E-state index in [1.165, 1.54) is 9.45 Å². The number of hydrogen-bond donors (Lipinski definition) is 0. The summed E-state index contributed by atoms with van der Waals surface area (Å²) in [6.45, 7) is 7.26. The van der Waals surface area contributed by atoms with Crippen LogP contribution in [0.2, 0.25) is 9.45 Å². The van der Waals surface area contributed by atoms with Crippen LogP contribution < -0.4 is 0 Å². The standard InChI is InChI=1S/2C3H5.ClH.Ti/c2*1-3-2;;/h2*3H,1-2H2;1H;. The van der Waals surface area contributed by atoms with E-state index in [9.17, 15) is 0 Å². The summed E-state index contributed by atoms with van der Waals surface area (Å²) in [5.41, 5.74) is 0. The molecule has 0 radical (unpaired) electrons. The normalized spacial score (nSPS) is 6.50. The largest absolute Gasteiger partial charge is 0.147 e. The first-order valence-corrected chi connectivity index (χ1v) is 4.55. The first-order chi connectivity index (χ1) is 3.41. The van der Waals surface area contributed by atoms with Crippen molar-refractivity contribution in [2.75, 3.05) is 0 Å². The molecular weight excluding hydrogens is 155 g/mol. The third-order valence-corrected chi connectivity index (χ3v) is 2.38. The first-order valence-electron chi connectivity index (χ1n) is 2.34. The maximum atomic E-state index is 3.63. The van der Waals surface area contributed by atoms with Gasteiger partial charge in [-0.3, -0.25) is 0 Å². The van der Waals surface area contributed by atoms with Crippen molar-refractivity contribution in [2.24, 2.45) is 0 Å². The Hall–Kier alpha value is 0.484. The molecule has 0 fully saturated rings. The molecule has 0 heterocycles. The van der Waals surface area contributed by atoms with Gasteiger partial charge in [0.25, 0.3) is 0 Å². The average molecular weight is 166 g/mol. The van der Waals surface area contributed by atoms with Crippen molar-refractivity contribution in [2.45, 2.75) is 9.45 Å². The molecule has 0 rings (SSSR count). The van der Waals surface area contributed by atoms with Crippen LogP contribution in [0, 0.1) is 0 Å². The van der Waals surface area contributed by atoms with Crippen LogP contribution >= 0.6 is 12.4 Å². The molecule has 8 heavy (non-hydrogen) atoms. The fourth-order valence-electron chi connectivity index (χ4n) is 0.287. The van der Waals surface area contributed by atoms with Gasteiger partial charge in [-0.2, -0.15) is 0 Å². The van der Waals surface area contributed by atoms with Crippen LogP contribution in [0.1, 0.15) is 0 Å². The molecular formula is C6H11ClTi. The van der Waals surface area contributed by atoms with Gasteiger partial charge >= 0.3 is 53.9 Å². The number of halogens is 1. The Bertz CT molecular complexity index is 53.5. The molecule has 46 valence electrons. The zero-order valence-electron chi connectivity index (χ0n) is 4.89. The van der Waals surface area contributed by atoms with Crippen LogP contribution in [0.4, 0.5) is 0 Å². The van der Waals surface area contributed by atoms with Crippen molar-refractivity contribution in [1.82, 2.24) is 0 Å². The van der Waals surface area contributed by atoms with Crippen LogP contribution in [-0.2, 0) is 19.2 Å². The van der Waals surface area contributed by atoms with E-state index in [0.29, 0.717) is 0 Å². The molecule has 0 aliphatic rings. The maximum absolute atomic E-state index is 3.63. The van der Waals surface area contributed by atoms with Gasteiger partial charge in [-0.25, -0.2) is 0 Å². The van der Waals surface area contributed by atoms with Crippen molar-refractivity contribution in [3.8, 4) is 0 Å². The number of allylic oxidation sites excluding steroid dienone is 2. The minimum Gasteiger partial charge on any atom is -0.147 e. The summed E-state index contributed by atoms with van der Waals surface area (Å²) >= 11 is 0.278. The molecule has 0 nitrogen and oxygen atoms in total. The van der Waals surface area contributed by atoms with Gasteiger partial charge in [0.05, 0.1) is 0 Å². The zero-order chi connectivity index (χ0) is 5.54. The molecule has 0 aliphatic heterocycles. The summed E-state index contributed by atoms with van der Waals surface area (Å²) in [4.78, 5) is 0. The van der Waals surface area contributed by atoms with Gasteiger partial charge in [0.2, 0.25) is 0 Å². The summed E-state index contributed by atoms with van der Waals surface area (Å²) in [5.74, 6) is 0. The Morgan fingerprint density at radius 2 is 1.50 bits per heavy atom. The second-order valence-corrected chi connectivity index (χ2v) is 3.29. The Morgan fingerprint density at radius 1 is 1.12 bits per heavy atom. The minimum absolute atomic E-state index is 0.